The van der Waals surface area contributed by atoms with Crippen molar-refractivity contribution in [2.45, 2.75) is 279 Å². The Balaban J connectivity index is 0. The fraction of sp³-hybridized carbons (Fsp3) is 0.705. The molecular formula is C61H104N2Ni. The second-order valence-corrected chi connectivity index (χ2v) is 18.5. The first-order valence-corrected chi connectivity index (χ1v) is 27.5. The van der Waals surface area contributed by atoms with E-state index >= 15 is 0 Å². The molecule has 0 aliphatic carbocycles. The van der Waals surface area contributed by atoms with Crippen LogP contribution < -0.4 is 0 Å². The Morgan fingerprint density at radius 2 is 0.719 bits per heavy atom. The first-order valence-electron chi connectivity index (χ1n) is 27.5. The van der Waals surface area contributed by atoms with Crippen molar-refractivity contribution in [3.05, 3.63) is 101 Å². The van der Waals surface area contributed by atoms with Crippen LogP contribution in [-0.2, 0) is 29.3 Å². The molecule has 0 aliphatic heterocycles. The van der Waals surface area contributed by atoms with Crippen LogP contribution in [0.15, 0.2) is 59.7 Å². The van der Waals surface area contributed by atoms with Crippen molar-refractivity contribution < 1.29 is 21.3 Å². The van der Waals surface area contributed by atoms with E-state index in [-0.39, 0.29) is 16.5 Å². The molecule has 0 N–H and O–H groups in total. The minimum atomic E-state index is 0. The maximum Gasteiger partial charge on any atom is 2.00 e. The van der Waals surface area contributed by atoms with Gasteiger partial charge in [0.1, 0.15) is 0 Å². The van der Waals surface area contributed by atoms with Gasteiger partial charge in [-0.2, -0.15) is 12.8 Å². The zero-order valence-electron chi connectivity index (χ0n) is 43.4. The molecule has 0 spiro atoms. The molecule has 0 aromatic heterocycles. The number of nitrogens with zero attached hydrogens (tertiary/aromatic N) is 2. The van der Waals surface area contributed by atoms with E-state index in [9.17, 15) is 5.53 Å². The largest absolute Gasteiger partial charge is 2.00 e. The van der Waals surface area contributed by atoms with Gasteiger partial charge in [0.05, 0.1) is 5.57 Å². The third-order valence-corrected chi connectivity index (χ3v) is 12.5. The Kier molecular flexibility index (Phi) is 50.2. The molecule has 2 nitrogen and oxygen atoms in total. The van der Waals surface area contributed by atoms with Crippen LogP contribution in [0.4, 0.5) is 0 Å². The van der Waals surface area contributed by atoms with Crippen molar-refractivity contribution in [2.24, 2.45) is 0 Å². The molecule has 0 radical (unpaired) electrons. The molecule has 2 aromatic rings. The number of hydrogen-bond donors (Lipinski definition) is 0. The molecule has 368 valence electrons. The SMILES string of the molecule is CCCCCCC(=C=[N+]=[N-])C(CCCCC)=C(c1ccc(CCCC)cc1)c1ccc(CCCCCC)cc1.[CH2-]CCCCCCCCCCC.[CH2-]CCCCCCCCCCC.[Ni+2]. The summed E-state index contributed by atoms with van der Waals surface area (Å²) in [6.45, 7) is 21.3. The minimum Gasteiger partial charge on any atom is -0.348 e. The summed E-state index contributed by atoms with van der Waals surface area (Å²) in [6, 6.07) is 18.5. The van der Waals surface area contributed by atoms with Gasteiger partial charge >= 0.3 is 22.4 Å². The number of aryl methyl sites for hydroxylation is 2. The summed E-state index contributed by atoms with van der Waals surface area (Å²) in [6.07, 6.45) is 47.8. The van der Waals surface area contributed by atoms with E-state index in [1.807, 2.05) is 0 Å². The van der Waals surface area contributed by atoms with Gasteiger partial charge in [0, 0.05) is 0 Å². The standard InChI is InChI=1S/C37H54N2.2C12H25.Ni/c1-5-9-13-16-19-32-24-28-34(29-25-32)37(33-26-22-31(23-27-33)18-12-8-4)36(21-15-11-7-3)35(30-39-38)20-17-14-10-6-2;2*1-3-5-7-9-11-12-10-8-6-4-2;/h22-29H,5-21H2,1-4H3;2*1,3-12H2,2H3;/q;2*-1;+2. The van der Waals surface area contributed by atoms with Gasteiger partial charge in [0.25, 0.3) is 0 Å². The van der Waals surface area contributed by atoms with Crippen LogP contribution in [0.2, 0.25) is 0 Å². The van der Waals surface area contributed by atoms with E-state index in [1.54, 1.807) is 0 Å². The quantitative estimate of drug-likeness (QED) is 0.0122. The molecule has 0 unspecified atom stereocenters. The fourth-order valence-corrected chi connectivity index (χ4v) is 8.34. The smallest absolute Gasteiger partial charge is 0.348 e. The fourth-order valence-electron chi connectivity index (χ4n) is 8.34. The Morgan fingerprint density at radius 3 is 1.09 bits per heavy atom. The number of benzene rings is 2. The third-order valence-electron chi connectivity index (χ3n) is 12.5. The molecule has 64 heavy (non-hydrogen) atoms. The second-order valence-electron chi connectivity index (χ2n) is 18.5. The molecule has 0 bridgehead atoms. The monoisotopic (exact) mass is 923 g/mol. The molecule has 2 aromatic carbocycles. The second kappa shape index (κ2) is 50.3. The van der Waals surface area contributed by atoms with Crippen LogP contribution in [0.1, 0.15) is 289 Å². The Bertz CT molecular complexity index is 1340. The van der Waals surface area contributed by atoms with Gasteiger partial charge in [-0.3, -0.25) is 0 Å². The van der Waals surface area contributed by atoms with Crippen LogP contribution in [0.25, 0.3) is 11.1 Å². The van der Waals surface area contributed by atoms with E-state index in [0.717, 1.165) is 56.9 Å². The van der Waals surface area contributed by atoms with Gasteiger partial charge < -0.3 is 19.4 Å². The van der Waals surface area contributed by atoms with E-state index in [1.165, 1.54) is 220 Å². The van der Waals surface area contributed by atoms with Crippen molar-refractivity contribution in [1.82, 2.24) is 0 Å². The van der Waals surface area contributed by atoms with Crippen molar-refractivity contribution in [1.29, 1.82) is 0 Å². The zero-order chi connectivity index (χ0) is 46.3. The summed E-state index contributed by atoms with van der Waals surface area (Å²) < 4.78 is 0. The number of allylic oxidation sites excluding steroid dienone is 2. The summed E-state index contributed by atoms with van der Waals surface area (Å²) in [4.78, 5) is 3.44. The molecule has 2 rings (SSSR count). The first kappa shape index (κ1) is 63.9. The Morgan fingerprint density at radius 1 is 0.406 bits per heavy atom. The van der Waals surface area contributed by atoms with Gasteiger partial charge in [0.2, 0.25) is 0 Å². The van der Waals surface area contributed by atoms with Crippen LogP contribution in [0.5, 0.6) is 0 Å². The van der Waals surface area contributed by atoms with Crippen molar-refractivity contribution in [2.75, 3.05) is 0 Å². The Hall–Kier alpha value is -2.17. The third kappa shape index (κ3) is 36.0. The van der Waals surface area contributed by atoms with E-state index < -0.39 is 0 Å². The maximum atomic E-state index is 9.63. The van der Waals surface area contributed by atoms with E-state index in [4.69, 9.17) is 0 Å². The average molecular weight is 924 g/mol. The van der Waals surface area contributed by atoms with E-state index in [2.05, 4.69) is 115 Å². The molecule has 0 amide bonds. The molecule has 0 atom stereocenters. The maximum absolute atomic E-state index is 9.63. The number of hydrogen-bond acceptors (Lipinski definition) is 0. The Labute approximate surface area is 411 Å². The van der Waals surface area contributed by atoms with E-state index in [0.29, 0.717) is 0 Å². The van der Waals surface area contributed by atoms with Gasteiger partial charge in [-0.15, -0.1) is 4.79 Å². The minimum absolute atomic E-state index is 0. The van der Waals surface area contributed by atoms with Gasteiger partial charge in [0.15, 0.2) is 0 Å². The summed E-state index contributed by atoms with van der Waals surface area (Å²) >= 11 is 0. The van der Waals surface area contributed by atoms with Crippen LogP contribution in [-0.4, -0.2) is 10.7 Å². The topological polar surface area (TPSA) is 36.4 Å². The molecule has 0 heterocycles. The predicted molar refractivity (Wildman–Crippen MR) is 285 cm³/mol. The molecular weight excluding hydrogens is 819 g/mol. The zero-order valence-corrected chi connectivity index (χ0v) is 44.4. The summed E-state index contributed by atoms with van der Waals surface area (Å²) in [5.74, 6) is 3.04. The molecule has 0 saturated heterocycles. The number of rotatable bonds is 38. The number of unbranched alkanes of at least 4 members (excludes halogenated alkanes) is 27. The van der Waals surface area contributed by atoms with Gasteiger partial charge in [-0.05, 0) is 84.8 Å². The van der Waals surface area contributed by atoms with Crippen molar-refractivity contribution in [3.63, 3.8) is 0 Å². The molecule has 0 fully saturated rings. The van der Waals surface area contributed by atoms with Crippen molar-refractivity contribution >= 4 is 11.4 Å². The average Bonchev–Trinajstić information content (AvgIpc) is 3.31. The summed E-state index contributed by atoms with van der Waals surface area (Å²) in [7, 11) is 0. The molecule has 3 heteroatoms. The molecule has 0 aliphatic rings. The van der Waals surface area contributed by atoms with Crippen LogP contribution in [0, 0.1) is 13.8 Å². The van der Waals surface area contributed by atoms with Gasteiger partial charge in [-0.25, -0.2) is 0 Å². The summed E-state index contributed by atoms with van der Waals surface area (Å²) in [5.41, 5.74) is 18.6. The first-order chi connectivity index (χ1) is 31.0. The van der Waals surface area contributed by atoms with Crippen LogP contribution in [0.3, 0.4) is 0 Å². The normalized spacial score (nSPS) is 11.0. The van der Waals surface area contributed by atoms with Crippen LogP contribution >= 0.6 is 0 Å². The predicted octanol–water partition coefficient (Wildman–Crippen LogP) is 20.8. The van der Waals surface area contributed by atoms with Gasteiger partial charge in [-0.1, -0.05) is 263 Å². The molecule has 0 saturated carbocycles. The summed E-state index contributed by atoms with van der Waals surface area (Å²) in [5, 5.41) is 0. The van der Waals surface area contributed by atoms with Crippen molar-refractivity contribution in [3.8, 4) is 0 Å².